The molecule has 1 aliphatic carbocycles. The highest BCUT2D eigenvalue weighted by molar-refractivity contribution is 5.73. The molecule has 2 aliphatic rings. The van der Waals surface area contributed by atoms with E-state index in [9.17, 15) is 22.0 Å². The van der Waals surface area contributed by atoms with Crippen LogP contribution in [0, 0.1) is 5.41 Å². The molecule has 0 aromatic carbocycles. The Morgan fingerprint density at radius 1 is 1.28 bits per heavy atom. The normalized spacial score (nSPS) is 26.4. The number of carbonyl (C=O) groups is 1. The number of aliphatic carboxylic acids is 1. The number of carboxylic acids is 1. The smallest absolute Gasteiger partial charge is 0.475 e. The molecule has 2 rings (SSSR count). The zero-order chi connectivity index (χ0) is 14.0. The number of carboxylic acid groups (broad SMARTS) is 1. The summed E-state index contributed by atoms with van der Waals surface area (Å²) in [5.41, 5.74) is 0.604. The summed E-state index contributed by atoms with van der Waals surface area (Å²) in [6.45, 7) is 1.94. The summed E-state index contributed by atoms with van der Waals surface area (Å²) in [6, 6.07) is 0. The van der Waals surface area contributed by atoms with Gasteiger partial charge in [-0.1, -0.05) is 0 Å². The number of nitrogens with one attached hydrogen (secondary N) is 1. The SMILES string of the molecule is FC(F)=C1CC2(CCNC2)C1.O=C(O)C(F)(F)F. The highest BCUT2D eigenvalue weighted by atomic mass is 19.4. The molecule has 1 spiro atoms. The molecule has 0 amide bonds. The first-order chi connectivity index (χ1) is 8.16. The van der Waals surface area contributed by atoms with E-state index >= 15 is 0 Å². The lowest BCUT2D eigenvalue weighted by Crippen LogP contribution is -2.33. The largest absolute Gasteiger partial charge is 0.490 e. The van der Waals surface area contributed by atoms with Crippen LogP contribution in [-0.4, -0.2) is 30.3 Å². The van der Waals surface area contributed by atoms with Crippen LogP contribution < -0.4 is 5.32 Å². The molecule has 1 heterocycles. The summed E-state index contributed by atoms with van der Waals surface area (Å²) in [5.74, 6) is -2.76. The van der Waals surface area contributed by atoms with Gasteiger partial charge in [0, 0.05) is 6.54 Å². The fourth-order valence-corrected chi connectivity index (χ4v) is 2.08. The first-order valence-corrected chi connectivity index (χ1v) is 5.20. The van der Waals surface area contributed by atoms with Gasteiger partial charge in [0.25, 0.3) is 6.08 Å². The molecule has 1 aliphatic heterocycles. The lowest BCUT2D eigenvalue weighted by atomic mass is 9.65. The standard InChI is InChI=1S/C8H11F2N.C2HF3O2/c9-7(10)6-3-8(4-6)1-2-11-5-8;3-2(4,5)1(6)7/h11H,1-5H2;(H,6,7). The van der Waals surface area contributed by atoms with Gasteiger partial charge >= 0.3 is 12.1 Å². The van der Waals surface area contributed by atoms with Crippen LogP contribution in [0.1, 0.15) is 19.3 Å². The Morgan fingerprint density at radius 2 is 1.78 bits per heavy atom. The Kier molecular flexibility index (Phi) is 4.31. The Balaban J connectivity index is 0.000000203. The highest BCUT2D eigenvalue weighted by Gasteiger charge is 2.44. The van der Waals surface area contributed by atoms with Crippen LogP contribution in [0.5, 0.6) is 0 Å². The van der Waals surface area contributed by atoms with E-state index in [0.717, 1.165) is 19.5 Å². The van der Waals surface area contributed by atoms with Gasteiger partial charge in [0.05, 0.1) is 0 Å². The van der Waals surface area contributed by atoms with Crippen LogP contribution in [0.25, 0.3) is 0 Å². The second kappa shape index (κ2) is 5.21. The van der Waals surface area contributed by atoms with Gasteiger partial charge < -0.3 is 10.4 Å². The highest BCUT2D eigenvalue weighted by Crippen LogP contribution is 2.50. The quantitative estimate of drug-likeness (QED) is 0.667. The predicted molar refractivity (Wildman–Crippen MR) is 52.1 cm³/mol. The van der Waals surface area contributed by atoms with E-state index in [-0.39, 0.29) is 5.41 Å². The van der Waals surface area contributed by atoms with Crippen LogP contribution in [0.2, 0.25) is 0 Å². The first-order valence-electron chi connectivity index (χ1n) is 5.20. The summed E-state index contributed by atoms with van der Waals surface area (Å²) in [6.07, 6.45) is -4.20. The minimum atomic E-state index is -5.08. The van der Waals surface area contributed by atoms with Gasteiger partial charge in [0.15, 0.2) is 0 Å². The molecule has 0 aromatic rings. The fraction of sp³-hybridized carbons (Fsp3) is 0.700. The molecule has 1 saturated heterocycles. The van der Waals surface area contributed by atoms with E-state index in [2.05, 4.69) is 5.32 Å². The third-order valence-corrected chi connectivity index (χ3v) is 3.02. The van der Waals surface area contributed by atoms with Crippen molar-refractivity contribution in [3.63, 3.8) is 0 Å². The van der Waals surface area contributed by atoms with Crippen molar-refractivity contribution in [2.24, 2.45) is 5.41 Å². The van der Waals surface area contributed by atoms with Crippen molar-refractivity contribution in [1.29, 1.82) is 0 Å². The topological polar surface area (TPSA) is 49.3 Å². The predicted octanol–water partition coefficient (Wildman–Crippen LogP) is 2.54. The van der Waals surface area contributed by atoms with E-state index in [0.29, 0.717) is 18.4 Å². The van der Waals surface area contributed by atoms with Gasteiger partial charge in [-0.05, 0) is 36.8 Å². The number of allylic oxidation sites excluding steroid dienone is 1. The summed E-state index contributed by atoms with van der Waals surface area (Å²) in [7, 11) is 0. The molecule has 3 nitrogen and oxygen atoms in total. The zero-order valence-corrected chi connectivity index (χ0v) is 9.28. The molecule has 0 radical (unpaired) electrons. The molecule has 1 saturated carbocycles. The van der Waals surface area contributed by atoms with Crippen LogP contribution in [-0.2, 0) is 4.79 Å². The minimum Gasteiger partial charge on any atom is -0.475 e. The Bertz CT molecular complexity index is 344. The van der Waals surface area contributed by atoms with Crippen molar-refractivity contribution in [1.82, 2.24) is 5.32 Å². The molecule has 104 valence electrons. The number of hydrogen-bond acceptors (Lipinski definition) is 2. The van der Waals surface area contributed by atoms with E-state index in [4.69, 9.17) is 9.90 Å². The average Bonchev–Trinajstić information content (AvgIpc) is 2.62. The Hall–Kier alpha value is -1.18. The van der Waals surface area contributed by atoms with Crippen molar-refractivity contribution in [3.05, 3.63) is 11.7 Å². The molecular weight excluding hydrogens is 261 g/mol. The van der Waals surface area contributed by atoms with Crippen LogP contribution in [0.4, 0.5) is 22.0 Å². The summed E-state index contributed by atoms with van der Waals surface area (Å²) >= 11 is 0. The van der Waals surface area contributed by atoms with Gasteiger partial charge in [-0.2, -0.15) is 22.0 Å². The van der Waals surface area contributed by atoms with Crippen molar-refractivity contribution in [3.8, 4) is 0 Å². The number of alkyl halides is 3. The third kappa shape index (κ3) is 3.66. The minimum absolute atomic E-state index is 0.221. The Labute approximate surface area is 99.7 Å². The average molecular weight is 273 g/mol. The van der Waals surface area contributed by atoms with Crippen molar-refractivity contribution in [2.45, 2.75) is 25.4 Å². The maximum atomic E-state index is 12.0. The monoisotopic (exact) mass is 273 g/mol. The molecule has 2 fully saturated rings. The van der Waals surface area contributed by atoms with E-state index in [1.165, 1.54) is 0 Å². The fourth-order valence-electron chi connectivity index (χ4n) is 2.08. The molecule has 0 aromatic heterocycles. The lowest BCUT2D eigenvalue weighted by molar-refractivity contribution is -0.192. The molecule has 0 atom stereocenters. The molecular formula is C10H12F5NO2. The van der Waals surface area contributed by atoms with Crippen molar-refractivity contribution in [2.75, 3.05) is 13.1 Å². The van der Waals surface area contributed by atoms with Crippen LogP contribution in [0.3, 0.4) is 0 Å². The van der Waals surface area contributed by atoms with Gasteiger partial charge in [-0.15, -0.1) is 0 Å². The maximum Gasteiger partial charge on any atom is 0.490 e. The van der Waals surface area contributed by atoms with Crippen LogP contribution in [0.15, 0.2) is 11.7 Å². The zero-order valence-electron chi connectivity index (χ0n) is 9.28. The second-order valence-electron chi connectivity index (χ2n) is 4.45. The number of halogens is 5. The van der Waals surface area contributed by atoms with E-state index in [1.54, 1.807) is 0 Å². The third-order valence-electron chi connectivity index (χ3n) is 3.02. The van der Waals surface area contributed by atoms with Gasteiger partial charge in [-0.3, -0.25) is 0 Å². The van der Waals surface area contributed by atoms with Crippen LogP contribution >= 0.6 is 0 Å². The summed E-state index contributed by atoms with van der Waals surface area (Å²) in [5, 5.41) is 10.3. The van der Waals surface area contributed by atoms with E-state index in [1.807, 2.05) is 0 Å². The maximum absolute atomic E-state index is 12.0. The summed E-state index contributed by atoms with van der Waals surface area (Å²) < 4.78 is 55.7. The van der Waals surface area contributed by atoms with Crippen molar-refractivity contribution < 1.29 is 31.9 Å². The van der Waals surface area contributed by atoms with Crippen molar-refractivity contribution >= 4 is 5.97 Å². The molecule has 2 N–H and O–H groups in total. The van der Waals surface area contributed by atoms with Gasteiger partial charge in [-0.25, -0.2) is 4.79 Å². The number of hydrogen-bond donors (Lipinski definition) is 2. The van der Waals surface area contributed by atoms with Gasteiger partial charge in [0.2, 0.25) is 0 Å². The molecule has 0 unspecified atom stereocenters. The lowest BCUT2D eigenvalue weighted by Gasteiger charge is -2.39. The summed E-state index contributed by atoms with van der Waals surface area (Å²) in [4.78, 5) is 8.90. The molecule has 8 heteroatoms. The molecule has 0 bridgehead atoms. The second-order valence-corrected chi connectivity index (χ2v) is 4.45. The first kappa shape index (κ1) is 14.9. The van der Waals surface area contributed by atoms with Gasteiger partial charge in [0.1, 0.15) is 0 Å². The number of rotatable bonds is 0. The Morgan fingerprint density at radius 3 is 2.06 bits per heavy atom. The van der Waals surface area contributed by atoms with E-state index < -0.39 is 18.2 Å². The molecule has 18 heavy (non-hydrogen) atoms.